The number of Topliss-reactive ketones (excluding diaryl/α,β-unsaturated/α-hetero) is 1. The quantitative estimate of drug-likeness (QED) is 0.547. The lowest BCUT2D eigenvalue weighted by Gasteiger charge is -2.24. The Morgan fingerprint density at radius 3 is 2.33 bits per heavy atom. The molecule has 0 saturated heterocycles. The van der Waals surface area contributed by atoms with E-state index in [2.05, 4.69) is 0 Å². The first-order valence-corrected chi connectivity index (χ1v) is 4.95. The zero-order valence-corrected chi connectivity index (χ0v) is 8.53. The minimum Gasteiger partial charge on any atom is -0.427 e. The molecule has 1 fully saturated rings. The molecule has 0 N–H and O–H groups in total. The molecular weight excluding hydrogens is 192 g/mol. The van der Waals surface area contributed by atoms with Crippen molar-refractivity contribution in [1.29, 1.82) is 0 Å². The SMILES string of the molecule is CC(=O)Oc1ccc(C2CC(=O)C2)cc1. The summed E-state index contributed by atoms with van der Waals surface area (Å²) in [6.45, 7) is 1.37. The molecule has 0 bridgehead atoms. The summed E-state index contributed by atoms with van der Waals surface area (Å²) in [6.07, 6.45) is 1.29. The van der Waals surface area contributed by atoms with Crippen LogP contribution in [0.1, 0.15) is 31.2 Å². The molecule has 3 nitrogen and oxygen atoms in total. The second-order valence-corrected chi connectivity index (χ2v) is 3.81. The summed E-state index contributed by atoms with van der Waals surface area (Å²) in [4.78, 5) is 21.5. The molecule has 0 spiro atoms. The Labute approximate surface area is 88.1 Å². The molecule has 0 unspecified atom stereocenters. The number of carbonyl (C=O) groups is 2. The van der Waals surface area contributed by atoms with Crippen molar-refractivity contribution in [2.45, 2.75) is 25.7 Å². The van der Waals surface area contributed by atoms with E-state index in [-0.39, 0.29) is 5.97 Å². The molecule has 15 heavy (non-hydrogen) atoms. The van der Waals surface area contributed by atoms with Crippen LogP contribution in [0, 0.1) is 0 Å². The van der Waals surface area contributed by atoms with Crippen LogP contribution in [-0.4, -0.2) is 11.8 Å². The lowest BCUT2D eigenvalue weighted by atomic mass is 9.79. The number of ketones is 1. The number of rotatable bonds is 2. The van der Waals surface area contributed by atoms with Crippen LogP contribution in [-0.2, 0) is 9.59 Å². The van der Waals surface area contributed by atoms with Gasteiger partial charge in [-0.05, 0) is 23.6 Å². The van der Waals surface area contributed by atoms with Crippen LogP contribution in [0.15, 0.2) is 24.3 Å². The Kier molecular flexibility index (Phi) is 2.54. The van der Waals surface area contributed by atoms with E-state index in [1.54, 1.807) is 12.1 Å². The van der Waals surface area contributed by atoms with Gasteiger partial charge < -0.3 is 4.74 Å². The minimum atomic E-state index is -0.318. The second-order valence-electron chi connectivity index (χ2n) is 3.81. The van der Waals surface area contributed by atoms with Crippen molar-refractivity contribution in [2.24, 2.45) is 0 Å². The van der Waals surface area contributed by atoms with Crippen LogP contribution in [0.3, 0.4) is 0 Å². The molecule has 0 aromatic heterocycles. The summed E-state index contributed by atoms with van der Waals surface area (Å²) in [6, 6.07) is 7.35. The van der Waals surface area contributed by atoms with Crippen molar-refractivity contribution in [3.05, 3.63) is 29.8 Å². The van der Waals surface area contributed by atoms with Gasteiger partial charge in [0.25, 0.3) is 0 Å². The van der Waals surface area contributed by atoms with E-state index in [1.807, 2.05) is 12.1 Å². The van der Waals surface area contributed by atoms with E-state index in [0.29, 0.717) is 30.3 Å². The predicted octanol–water partition coefficient (Wildman–Crippen LogP) is 2.06. The molecule has 3 heteroatoms. The van der Waals surface area contributed by atoms with E-state index in [1.165, 1.54) is 6.92 Å². The molecular formula is C12H12O3. The average molecular weight is 204 g/mol. The standard InChI is InChI=1S/C12H12O3/c1-8(13)15-12-4-2-9(3-5-12)10-6-11(14)7-10/h2-5,10H,6-7H2,1H3. The maximum absolute atomic E-state index is 10.8. The lowest BCUT2D eigenvalue weighted by molar-refractivity contribution is -0.131. The molecule has 1 aliphatic carbocycles. The fraction of sp³-hybridized carbons (Fsp3) is 0.333. The highest BCUT2D eigenvalue weighted by Crippen LogP contribution is 2.34. The van der Waals surface area contributed by atoms with E-state index in [4.69, 9.17) is 4.74 Å². The molecule has 78 valence electrons. The Balaban J connectivity index is 2.04. The summed E-state index contributed by atoms with van der Waals surface area (Å²) in [5.41, 5.74) is 1.14. The fourth-order valence-corrected chi connectivity index (χ4v) is 1.70. The zero-order valence-electron chi connectivity index (χ0n) is 8.53. The normalized spacial score (nSPS) is 15.9. The van der Waals surface area contributed by atoms with Crippen LogP contribution in [0.25, 0.3) is 0 Å². The van der Waals surface area contributed by atoms with Gasteiger partial charge in [0.2, 0.25) is 0 Å². The van der Waals surface area contributed by atoms with Gasteiger partial charge in [0, 0.05) is 19.8 Å². The van der Waals surface area contributed by atoms with Crippen LogP contribution < -0.4 is 4.74 Å². The average Bonchev–Trinajstić information content (AvgIpc) is 2.14. The first kappa shape index (κ1) is 9.90. The summed E-state index contributed by atoms with van der Waals surface area (Å²) in [7, 11) is 0. The van der Waals surface area contributed by atoms with Crippen molar-refractivity contribution in [3.8, 4) is 5.75 Å². The Morgan fingerprint density at radius 2 is 1.87 bits per heavy atom. The molecule has 0 radical (unpaired) electrons. The third kappa shape index (κ3) is 2.24. The molecule has 1 saturated carbocycles. The van der Waals surface area contributed by atoms with Crippen LogP contribution in [0.5, 0.6) is 5.75 Å². The molecule has 0 aliphatic heterocycles. The fourth-order valence-electron chi connectivity index (χ4n) is 1.70. The first-order chi connectivity index (χ1) is 7.15. The Bertz CT molecular complexity index is 384. The third-order valence-corrected chi connectivity index (χ3v) is 2.56. The topological polar surface area (TPSA) is 43.4 Å². The molecule has 0 amide bonds. The summed E-state index contributed by atoms with van der Waals surface area (Å²) < 4.78 is 4.92. The minimum absolute atomic E-state index is 0.318. The molecule has 1 aromatic rings. The highest BCUT2D eigenvalue weighted by Gasteiger charge is 2.27. The predicted molar refractivity (Wildman–Crippen MR) is 54.7 cm³/mol. The van der Waals surface area contributed by atoms with Gasteiger partial charge in [-0.25, -0.2) is 0 Å². The number of esters is 1. The van der Waals surface area contributed by atoms with Crippen molar-refractivity contribution < 1.29 is 14.3 Å². The zero-order chi connectivity index (χ0) is 10.8. The van der Waals surface area contributed by atoms with Gasteiger partial charge in [-0.15, -0.1) is 0 Å². The van der Waals surface area contributed by atoms with Crippen molar-refractivity contribution in [2.75, 3.05) is 0 Å². The molecule has 2 rings (SSSR count). The summed E-state index contributed by atoms with van der Waals surface area (Å²) in [5.74, 6) is 0.923. The third-order valence-electron chi connectivity index (χ3n) is 2.56. The van der Waals surface area contributed by atoms with E-state index >= 15 is 0 Å². The molecule has 0 atom stereocenters. The van der Waals surface area contributed by atoms with Crippen molar-refractivity contribution in [3.63, 3.8) is 0 Å². The highest BCUT2D eigenvalue weighted by molar-refractivity contribution is 5.86. The Morgan fingerprint density at radius 1 is 1.27 bits per heavy atom. The molecule has 0 heterocycles. The van der Waals surface area contributed by atoms with Gasteiger partial charge in [0.1, 0.15) is 11.5 Å². The van der Waals surface area contributed by atoms with Gasteiger partial charge in [-0.2, -0.15) is 0 Å². The maximum atomic E-state index is 10.8. The van der Waals surface area contributed by atoms with E-state index in [9.17, 15) is 9.59 Å². The number of ether oxygens (including phenoxy) is 1. The number of benzene rings is 1. The second kappa shape index (κ2) is 3.85. The summed E-state index contributed by atoms with van der Waals surface area (Å²) >= 11 is 0. The van der Waals surface area contributed by atoms with Crippen LogP contribution in [0.2, 0.25) is 0 Å². The van der Waals surface area contributed by atoms with Gasteiger partial charge in [-0.1, -0.05) is 12.1 Å². The van der Waals surface area contributed by atoms with Gasteiger partial charge >= 0.3 is 5.97 Å². The molecule has 1 aliphatic rings. The van der Waals surface area contributed by atoms with Gasteiger partial charge in [0.15, 0.2) is 0 Å². The Hall–Kier alpha value is -1.64. The smallest absolute Gasteiger partial charge is 0.308 e. The summed E-state index contributed by atoms with van der Waals surface area (Å²) in [5, 5.41) is 0. The van der Waals surface area contributed by atoms with E-state index < -0.39 is 0 Å². The maximum Gasteiger partial charge on any atom is 0.308 e. The largest absolute Gasteiger partial charge is 0.427 e. The van der Waals surface area contributed by atoms with Gasteiger partial charge in [0.05, 0.1) is 0 Å². The number of carbonyl (C=O) groups excluding carboxylic acids is 2. The highest BCUT2D eigenvalue weighted by atomic mass is 16.5. The van der Waals surface area contributed by atoms with Crippen LogP contribution in [0.4, 0.5) is 0 Å². The number of hydrogen-bond acceptors (Lipinski definition) is 3. The number of hydrogen-bond donors (Lipinski definition) is 0. The van der Waals surface area contributed by atoms with Crippen molar-refractivity contribution in [1.82, 2.24) is 0 Å². The van der Waals surface area contributed by atoms with Gasteiger partial charge in [-0.3, -0.25) is 9.59 Å². The van der Waals surface area contributed by atoms with Crippen LogP contribution >= 0.6 is 0 Å². The van der Waals surface area contributed by atoms with Crippen molar-refractivity contribution >= 4 is 11.8 Å². The first-order valence-electron chi connectivity index (χ1n) is 4.95. The lowest BCUT2D eigenvalue weighted by Crippen LogP contribution is -2.20. The van der Waals surface area contributed by atoms with E-state index in [0.717, 1.165) is 5.56 Å². The monoisotopic (exact) mass is 204 g/mol. The molecule has 1 aromatic carbocycles.